The fourth-order valence-electron chi connectivity index (χ4n) is 3.91. The average Bonchev–Trinajstić information content (AvgIpc) is 3.49. The van der Waals surface area contributed by atoms with Gasteiger partial charge in [0.1, 0.15) is 0 Å². The van der Waals surface area contributed by atoms with E-state index in [9.17, 15) is 18.0 Å². The van der Waals surface area contributed by atoms with Gasteiger partial charge in [-0.2, -0.15) is 17.4 Å². The number of rotatable bonds is 11. The molecule has 15 heteroatoms. The van der Waals surface area contributed by atoms with Crippen molar-refractivity contribution in [2.24, 2.45) is 17.4 Å². The molecule has 0 bridgehead atoms. The summed E-state index contributed by atoms with van der Waals surface area (Å²) in [4.78, 5) is 24.1. The van der Waals surface area contributed by atoms with Crippen molar-refractivity contribution >= 4 is 40.9 Å². The number of nitrogens with two attached hydrogens (primary N) is 2. The smallest absolute Gasteiger partial charge is 0.427 e. The molecule has 9 N–H and O–H groups in total. The SMILES string of the molecule is CC1S[C@]1(NC(=O)[C@H](C)N)C(=O)N[C@H]1CN(S(=O)(=O)N[C@@H]2C[C@@H]2N)C[C@@H]1CCCB(O)O. The van der Waals surface area contributed by atoms with Crippen molar-refractivity contribution in [3.05, 3.63) is 0 Å². The van der Waals surface area contributed by atoms with E-state index in [2.05, 4.69) is 15.4 Å². The number of carbonyl (C=O) groups excluding carboxylic acids is 2. The molecular weight excluding hydrogens is 459 g/mol. The largest absolute Gasteiger partial charge is 0.451 e. The molecule has 7 atom stereocenters. The molecule has 0 aromatic rings. The van der Waals surface area contributed by atoms with Gasteiger partial charge in [0.25, 0.3) is 16.1 Å². The molecule has 2 heterocycles. The minimum absolute atomic E-state index is 0.0751. The zero-order valence-corrected chi connectivity index (χ0v) is 19.9. The normalized spacial score (nSPS) is 35.2. The fourth-order valence-corrected chi connectivity index (χ4v) is 6.43. The number of thioether (sulfide) groups is 1. The van der Waals surface area contributed by atoms with Crippen LogP contribution in [0.4, 0.5) is 0 Å². The third-order valence-electron chi connectivity index (χ3n) is 6.18. The van der Waals surface area contributed by atoms with Gasteiger partial charge in [-0.05, 0) is 38.9 Å². The summed E-state index contributed by atoms with van der Waals surface area (Å²) in [7, 11) is -5.21. The number of nitrogens with one attached hydrogen (secondary N) is 3. The Labute approximate surface area is 192 Å². The second-order valence-electron chi connectivity index (χ2n) is 8.97. The summed E-state index contributed by atoms with van der Waals surface area (Å²) in [5.74, 6) is -1.05. The number of hydrogen-bond acceptors (Lipinski definition) is 9. The van der Waals surface area contributed by atoms with Gasteiger partial charge in [-0.3, -0.25) is 9.59 Å². The van der Waals surface area contributed by atoms with Crippen molar-refractivity contribution in [2.45, 2.75) is 73.7 Å². The summed E-state index contributed by atoms with van der Waals surface area (Å²) in [6.07, 6.45) is 1.70. The van der Waals surface area contributed by atoms with Crippen LogP contribution in [0, 0.1) is 5.92 Å². The first-order valence-electron chi connectivity index (χ1n) is 10.8. The summed E-state index contributed by atoms with van der Waals surface area (Å²) in [5.41, 5.74) is 11.3. The zero-order valence-electron chi connectivity index (χ0n) is 18.2. The summed E-state index contributed by atoms with van der Waals surface area (Å²) in [5, 5.41) is 23.7. The number of hydrogen-bond donors (Lipinski definition) is 7. The van der Waals surface area contributed by atoms with Crippen LogP contribution in [0.15, 0.2) is 0 Å². The van der Waals surface area contributed by atoms with Gasteiger partial charge in [-0.1, -0.05) is 6.42 Å². The van der Waals surface area contributed by atoms with Crippen LogP contribution in [0.2, 0.25) is 6.32 Å². The second-order valence-corrected chi connectivity index (χ2v) is 12.3. The molecule has 1 aliphatic carbocycles. The zero-order chi connectivity index (χ0) is 23.8. The molecule has 3 rings (SSSR count). The number of nitrogens with zero attached hydrogens (tertiary/aromatic N) is 1. The van der Waals surface area contributed by atoms with Gasteiger partial charge >= 0.3 is 7.12 Å². The molecule has 2 saturated heterocycles. The topological polar surface area (TPSA) is 200 Å². The summed E-state index contributed by atoms with van der Waals surface area (Å²) in [6.45, 7) is 3.61. The van der Waals surface area contributed by atoms with Gasteiger partial charge in [0, 0.05) is 36.5 Å². The first-order valence-corrected chi connectivity index (χ1v) is 13.1. The molecule has 32 heavy (non-hydrogen) atoms. The van der Waals surface area contributed by atoms with Crippen LogP contribution in [0.3, 0.4) is 0 Å². The fraction of sp³-hybridized carbons (Fsp3) is 0.882. The Morgan fingerprint density at radius 1 is 1.31 bits per heavy atom. The van der Waals surface area contributed by atoms with E-state index in [1.807, 2.05) is 6.92 Å². The molecule has 3 fully saturated rings. The van der Waals surface area contributed by atoms with Crippen molar-refractivity contribution < 1.29 is 28.1 Å². The lowest BCUT2D eigenvalue weighted by molar-refractivity contribution is -0.130. The Morgan fingerprint density at radius 3 is 2.44 bits per heavy atom. The Morgan fingerprint density at radius 2 is 1.94 bits per heavy atom. The Bertz CT molecular complexity index is 832. The van der Waals surface area contributed by atoms with Gasteiger partial charge in [0.2, 0.25) is 5.91 Å². The molecule has 1 unspecified atom stereocenters. The predicted octanol–water partition coefficient (Wildman–Crippen LogP) is -3.11. The third kappa shape index (κ3) is 5.94. The molecule has 0 spiro atoms. The van der Waals surface area contributed by atoms with Gasteiger partial charge in [0.05, 0.1) is 6.04 Å². The van der Waals surface area contributed by atoms with E-state index in [1.54, 1.807) is 0 Å². The maximum absolute atomic E-state index is 13.1. The maximum atomic E-state index is 13.1. The summed E-state index contributed by atoms with van der Waals surface area (Å²) < 4.78 is 29.4. The van der Waals surface area contributed by atoms with Crippen LogP contribution in [0.5, 0.6) is 0 Å². The highest BCUT2D eigenvalue weighted by Crippen LogP contribution is 2.51. The van der Waals surface area contributed by atoms with E-state index in [-0.39, 0.29) is 42.7 Å². The lowest BCUT2D eigenvalue weighted by Crippen LogP contribution is -2.56. The number of carbonyl (C=O) groups is 2. The van der Waals surface area contributed by atoms with Crippen molar-refractivity contribution in [2.75, 3.05) is 13.1 Å². The molecule has 1 saturated carbocycles. The Hall–Kier alpha value is -0.935. The highest BCUT2D eigenvalue weighted by Gasteiger charge is 2.61. The molecule has 0 aromatic heterocycles. The summed E-state index contributed by atoms with van der Waals surface area (Å²) >= 11 is 1.30. The highest BCUT2D eigenvalue weighted by atomic mass is 32.2. The Balaban J connectivity index is 1.68. The van der Waals surface area contributed by atoms with Crippen molar-refractivity contribution in [1.29, 1.82) is 0 Å². The van der Waals surface area contributed by atoms with Crippen LogP contribution in [-0.2, 0) is 19.8 Å². The Kier molecular flexibility index (Phi) is 7.82. The summed E-state index contributed by atoms with van der Waals surface area (Å²) in [6, 6.07) is -1.72. The predicted molar refractivity (Wildman–Crippen MR) is 121 cm³/mol. The van der Waals surface area contributed by atoms with Crippen LogP contribution in [-0.4, -0.2) is 89.1 Å². The van der Waals surface area contributed by atoms with E-state index in [0.717, 1.165) is 0 Å². The second kappa shape index (κ2) is 9.74. The molecule has 182 valence electrons. The molecule has 0 radical (unpaired) electrons. The lowest BCUT2D eigenvalue weighted by atomic mass is 9.81. The van der Waals surface area contributed by atoms with E-state index in [4.69, 9.17) is 21.5 Å². The lowest BCUT2D eigenvalue weighted by Gasteiger charge is -2.24. The quantitative estimate of drug-likeness (QED) is 0.115. The van der Waals surface area contributed by atoms with Crippen LogP contribution >= 0.6 is 11.8 Å². The molecule has 2 amide bonds. The first-order chi connectivity index (χ1) is 14.9. The van der Waals surface area contributed by atoms with E-state index in [1.165, 1.54) is 23.0 Å². The third-order valence-corrected chi connectivity index (χ3v) is 9.22. The molecule has 3 aliphatic rings. The van der Waals surface area contributed by atoms with Crippen LogP contribution < -0.4 is 26.8 Å². The van der Waals surface area contributed by atoms with Crippen molar-refractivity contribution in [3.8, 4) is 0 Å². The molecule has 2 aliphatic heterocycles. The van der Waals surface area contributed by atoms with Crippen LogP contribution in [0.25, 0.3) is 0 Å². The molecule has 0 aromatic carbocycles. The van der Waals surface area contributed by atoms with Gasteiger partial charge in [0.15, 0.2) is 4.87 Å². The van der Waals surface area contributed by atoms with Gasteiger partial charge < -0.3 is 32.1 Å². The molecular formula is C17H33BN6O6S2. The molecule has 12 nitrogen and oxygen atoms in total. The van der Waals surface area contributed by atoms with Gasteiger partial charge in [-0.25, -0.2) is 0 Å². The van der Waals surface area contributed by atoms with E-state index >= 15 is 0 Å². The first kappa shape index (κ1) is 25.7. The monoisotopic (exact) mass is 492 g/mol. The standard InChI is InChI=1S/C17H33BN6O6S2/c1-9(19)15(25)22-17(10(2)31-17)16(26)21-14-8-24(7-11(14)4-3-5-18(27)28)32(29,30)23-13-6-12(13)20/h9-14,23,27-28H,3-8,19-20H2,1-2H3,(H,21,26)(H,22,25)/t9-,10?,11-,12-,13+,14-,17-/m0/s1. The van der Waals surface area contributed by atoms with E-state index in [0.29, 0.717) is 19.3 Å². The minimum Gasteiger partial charge on any atom is -0.427 e. The van der Waals surface area contributed by atoms with E-state index < -0.39 is 46.1 Å². The average molecular weight is 492 g/mol. The maximum Gasteiger partial charge on any atom is 0.451 e. The number of amides is 2. The van der Waals surface area contributed by atoms with Crippen molar-refractivity contribution in [1.82, 2.24) is 19.7 Å². The van der Waals surface area contributed by atoms with Gasteiger partial charge in [-0.15, -0.1) is 11.8 Å². The van der Waals surface area contributed by atoms with Crippen LogP contribution in [0.1, 0.15) is 33.1 Å². The highest BCUT2D eigenvalue weighted by molar-refractivity contribution is 8.09. The minimum atomic E-state index is -3.77. The van der Waals surface area contributed by atoms with Crippen molar-refractivity contribution in [3.63, 3.8) is 0 Å².